The van der Waals surface area contributed by atoms with E-state index >= 15 is 0 Å². The molecule has 0 radical (unpaired) electrons. The summed E-state index contributed by atoms with van der Waals surface area (Å²) >= 11 is 0. The van der Waals surface area contributed by atoms with Gasteiger partial charge >= 0.3 is 0 Å². The predicted molar refractivity (Wildman–Crippen MR) is 72.1 cm³/mol. The fraction of sp³-hybridized carbons (Fsp3) is 0.385. The lowest BCUT2D eigenvalue weighted by atomic mass is 10.1. The molecule has 8 nitrogen and oxygen atoms in total. The summed E-state index contributed by atoms with van der Waals surface area (Å²) in [7, 11) is 0. The molecule has 1 atom stereocenters. The molecule has 0 fully saturated rings. The van der Waals surface area contributed by atoms with Crippen LogP contribution in [0.1, 0.15) is 35.6 Å². The number of hydrogen-bond donors (Lipinski definition) is 2. The van der Waals surface area contributed by atoms with Crippen molar-refractivity contribution in [2.75, 3.05) is 13.2 Å². The summed E-state index contributed by atoms with van der Waals surface area (Å²) in [5.41, 5.74) is 0.495. The third-order valence-electron chi connectivity index (χ3n) is 3.11. The van der Waals surface area contributed by atoms with Crippen molar-refractivity contribution in [2.24, 2.45) is 0 Å². The van der Waals surface area contributed by atoms with Gasteiger partial charge in [0.15, 0.2) is 17.3 Å². The highest BCUT2D eigenvalue weighted by Crippen LogP contribution is 2.30. The second-order valence-electron chi connectivity index (χ2n) is 4.68. The normalized spacial score (nSPS) is 15.1. The van der Waals surface area contributed by atoms with Gasteiger partial charge in [-0.05, 0) is 25.1 Å². The monoisotopic (exact) mass is 289 g/mol. The number of ether oxygens (including phenoxy) is 2. The summed E-state index contributed by atoms with van der Waals surface area (Å²) in [5.74, 6) is 1.45. The van der Waals surface area contributed by atoms with Crippen LogP contribution in [0.4, 0.5) is 0 Å². The predicted octanol–water partition coefficient (Wildman–Crippen LogP) is 0.852. The van der Waals surface area contributed by atoms with Gasteiger partial charge in [-0.1, -0.05) is 5.21 Å². The van der Waals surface area contributed by atoms with E-state index in [0.29, 0.717) is 36.1 Å². The smallest absolute Gasteiger partial charge is 0.252 e. The summed E-state index contributed by atoms with van der Waals surface area (Å²) in [6.07, 6.45) is 0.824. The fourth-order valence-electron chi connectivity index (χ4n) is 2.00. The summed E-state index contributed by atoms with van der Waals surface area (Å²) in [6, 6.07) is 4.78. The minimum atomic E-state index is -0.341. The van der Waals surface area contributed by atoms with E-state index in [4.69, 9.17) is 9.47 Å². The first kappa shape index (κ1) is 13.3. The van der Waals surface area contributed by atoms with E-state index in [1.54, 1.807) is 25.1 Å². The second-order valence-corrected chi connectivity index (χ2v) is 4.68. The molecule has 21 heavy (non-hydrogen) atoms. The molecule has 1 aromatic heterocycles. The number of nitrogens with zero attached hydrogens (tertiary/aromatic N) is 3. The highest BCUT2D eigenvalue weighted by atomic mass is 16.5. The van der Waals surface area contributed by atoms with E-state index in [1.165, 1.54) is 0 Å². The molecule has 0 saturated heterocycles. The number of hydrogen-bond acceptors (Lipinski definition) is 6. The summed E-state index contributed by atoms with van der Waals surface area (Å²) in [5, 5.41) is 16.3. The molecule has 0 saturated carbocycles. The fourth-order valence-corrected chi connectivity index (χ4v) is 2.00. The zero-order valence-electron chi connectivity index (χ0n) is 11.5. The topological polar surface area (TPSA) is 102 Å². The van der Waals surface area contributed by atoms with Crippen LogP contribution in [0, 0.1) is 0 Å². The van der Waals surface area contributed by atoms with Crippen LogP contribution in [-0.4, -0.2) is 39.7 Å². The molecule has 1 aliphatic rings. The number of H-pyrrole nitrogens is 1. The number of aromatic amines is 1. The molecule has 0 aliphatic carbocycles. The molecule has 1 aliphatic heterocycles. The lowest BCUT2D eigenvalue weighted by Crippen LogP contribution is -2.27. The van der Waals surface area contributed by atoms with Crippen molar-refractivity contribution in [3.05, 3.63) is 29.6 Å². The van der Waals surface area contributed by atoms with E-state index in [1.807, 2.05) is 0 Å². The zero-order valence-corrected chi connectivity index (χ0v) is 11.5. The van der Waals surface area contributed by atoms with Crippen LogP contribution >= 0.6 is 0 Å². The van der Waals surface area contributed by atoms with Crippen molar-refractivity contribution in [1.29, 1.82) is 0 Å². The Hall–Kier alpha value is -2.64. The molecule has 2 N–H and O–H groups in total. The van der Waals surface area contributed by atoms with Gasteiger partial charge in [0.1, 0.15) is 0 Å². The van der Waals surface area contributed by atoms with Crippen molar-refractivity contribution < 1.29 is 14.3 Å². The third kappa shape index (κ3) is 2.93. The lowest BCUT2D eigenvalue weighted by Gasteiger charge is -2.12. The van der Waals surface area contributed by atoms with Gasteiger partial charge < -0.3 is 14.8 Å². The Morgan fingerprint density at radius 3 is 2.90 bits per heavy atom. The van der Waals surface area contributed by atoms with Crippen molar-refractivity contribution in [3.63, 3.8) is 0 Å². The first-order chi connectivity index (χ1) is 10.2. The number of fused-ring (bicyclic) bond motifs is 1. The largest absolute Gasteiger partial charge is 0.490 e. The Morgan fingerprint density at radius 2 is 2.14 bits per heavy atom. The first-order valence-electron chi connectivity index (χ1n) is 6.68. The number of amides is 1. The van der Waals surface area contributed by atoms with Crippen molar-refractivity contribution in [3.8, 4) is 11.5 Å². The number of tetrazole rings is 1. The van der Waals surface area contributed by atoms with Gasteiger partial charge in [-0.3, -0.25) is 4.79 Å². The first-order valence-corrected chi connectivity index (χ1v) is 6.68. The molecule has 8 heteroatoms. The zero-order chi connectivity index (χ0) is 14.7. The van der Waals surface area contributed by atoms with Crippen LogP contribution in [0.3, 0.4) is 0 Å². The molecular weight excluding hydrogens is 274 g/mol. The number of rotatable bonds is 3. The number of carbonyl (C=O) groups excluding carboxylic acids is 1. The molecule has 2 heterocycles. The molecule has 0 spiro atoms. The third-order valence-corrected chi connectivity index (χ3v) is 3.11. The maximum absolute atomic E-state index is 12.2. The minimum Gasteiger partial charge on any atom is -0.490 e. The molecule has 1 aromatic carbocycles. The van der Waals surface area contributed by atoms with Gasteiger partial charge in [0.2, 0.25) is 0 Å². The molecule has 1 unspecified atom stereocenters. The van der Waals surface area contributed by atoms with Crippen LogP contribution in [0.15, 0.2) is 18.2 Å². The van der Waals surface area contributed by atoms with Crippen LogP contribution in [0.2, 0.25) is 0 Å². The van der Waals surface area contributed by atoms with Gasteiger partial charge in [-0.25, -0.2) is 0 Å². The molecule has 0 bridgehead atoms. The maximum atomic E-state index is 12.2. The van der Waals surface area contributed by atoms with Gasteiger partial charge in [0.25, 0.3) is 5.91 Å². The summed E-state index contributed by atoms with van der Waals surface area (Å²) in [6.45, 7) is 2.98. The van der Waals surface area contributed by atoms with Crippen LogP contribution in [-0.2, 0) is 0 Å². The maximum Gasteiger partial charge on any atom is 0.252 e. The Bertz CT molecular complexity index is 629. The Kier molecular flexibility index (Phi) is 3.67. The Labute approximate surface area is 120 Å². The highest BCUT2D eigenvalue weighted by molar-refractivity contribution is 5.95. The van der Waals surface area contributed by atoms with Gasteiger partial charge in [0, 0.05) is 12.0 Å². The van der Waals surface area contributed by atoms with E-state index < -0.39 is 0 Å². The van der Waals surface area contributed by atoms with Crippen molar-refractivity contribution in [2.45, 2.75) is 19.4 Å². The molecular formula is C13H15N5O3. The Morgan fingerprint density at radius 1 is 1.33 bits per heavy atom. The average molecular weight is 289 g/mol. The molecule has 2 aromatic rings. The number of benzene rings is 1. The standard InChI is InChI=1S/C13H15N5O3/c1-8(12-15-17-18-16-12)14-13(19)9-3-4-10-11(7-9)21-6-2-5-20-10/h3-4,7-8H,2,5-6H2,1H3,(H,14,19)(H,15,16,17,18). The Balaban J connectivity index is 1.74. The van der Waals surface area contributed by atoms with Gasteiger partial charge in [-0.2, -0.15) is 5.21 Å². The van der Waals surface area contributed by atoms with Crippen LogP contribution in [0.5, 0.6) is 11.5 Å². The number of nitrogens with one attached hydrogen (secondary N) is 2. The van der Waals surface area contributed by atoms with E-state index in [2.05, 4.69) is 25.9 Å². The van der Waals surface area contributed by atoms with Crippen LogP contribution in [0.25, 0.3) is 0 Å². The van der Waals surface area contributed by atoms with E-state index in [9.17, 15) is 4.79 Å². The molecule has 1 amide bonds. The minimum absolute atomic E-state index is 0.233. The van der Waals surface area contributed by atoms with Crippen molar-refractivity contribution in [1.82, 2.24) is 25.9 Å². The SMILES string of the molecule is CC(NC(=O)c1ccc2c(c1)OCCCO2)c1nn[nH]n1. The number of aromatic nitrogens is 4. The lowest BCUT2D eigenvalue weighted by molar-refractivity contribution is 0.0938. The quantitative estimate of drug-likeness (QED) is 0.868. The van der Waals surface area contributed by atoms with Crippen LogP contribution < -0.4 is 14.8 Å². The van der Waals surface area contributed by atoms with E-state index in [0.717, 1.165) is 6.42 Å². The second kappa shape index (κ2) is 5.78. The van der Waals surface area contributed by atoms with Crippen molar-refractivity contribution >= 4 is 5.91 Å². The molecule has 3 rings (SSSR count). The number of carbonyl (C=O) groups is 1. The van der Waals surface area contributed by atoms with Gasteiger partial charge in [-0.15, -0.1) is 10.2 Å². The van der Waals surface area contributed by atoms with Gasteiger partial charge in [0.05, 0.1) is 19.3 Å². The summed E-state index contributed by atoms with van der Waals surface area (Å²) < 4.78 is 11.1. The molecule has 110 valence electrons. The summed E-state index contributed by atoms with van der Waals surface area (Å²) in [4.78, 5) is 12.2. The highest BCUT2D eigenvalue weighted by Gasteiger charge is 2.17. The van der Waals surface area contributed by atoms with E-state index in [-0.39, 0.29) is 11.9 Å². The average Bonchev–Trinajstić information content (AvgIpc) is 2.92.